The highest BCUT2D eigenvalue weighted by molar-refractivity contribution is 5.95. The molecule has 1 heterocycles. The summed E-state index contributed by atoms with van der Waals surface area (Å²) in [5.74, 6) is -0.339. The van der Waals surface area contributed by atoms with Crippen LogP contribution in [0.5, 0.6) is 0 Å². The van der Waals surface area contributed by atoms with Gasteiger partial charge in [0.15, 0.2) is 11.6 Å². The lowest BCUT2D eigenvalue weighted by molar-refractivity contribution is -0.204. The van der Waals surface area contributed by atoms with E-state index in [9.17, 15) is 9.90 Å². The molecular formula is C17H22O4. The number of carbonyl (C=O) groups excluding carboxylic acids is 1. The molecule has 0 amide bonds. The number of ketones is 1. The molecule has 21 heavy (non-hydrogen) atoms. The van der Waals surface area contributed by atoms with E-state index in [1.54, 1.807) is 0 Å². The Morgan fingerprint density at radius 1 is 1.10 bits per heavy atom. The van der Waals surface area contributed by atoms with Gasteiger partial charge in [-0.3, -0.25) is 4.79 Å². The van der Waals surface area contributed by atoms with Gasteiger partial charge in [-0.05, 0) is 18.4 Å². The minimum atomic E-state index is -0.839. The predicted molar refractivity (Wildman–Crippen MR) is 78.1 cm³/mol. The highest BCUT2D eigenvalue weighted by Crippen LogP contribution is 2.44. The summed E-state index contributed by atoms with van der Waals surface area (Å²) >= 11 is 0. The number of benzene rings is 1. The van der Waals surface area contributed by atoms with Crippen molar-refractivity contribution in [1.29, 1.82) is 0 Å². The fraction of sp³-hybridized carbons (Fsp3) is 0.588. The fourth-order valence-electron chi connectivity index (χ4n) is 3.29. The van der Waals surface area contributed by atoms with Gasteiger partial charge >= 0.3 is 0 Å². The predicted octanol–water partition coefficient (Wildman–Crippen LogP) is 2.78. The van der Waals surface area contributed by atoms with E-state index in [1.807, 2.05) is 31.2 Å². The zero-order valence-corrected chi connectivity index (χ0v) is 12.4. The Labute approximate surface area is 125 Å². The molecule has 4 nitrogen and oxygen atoms in total. The molecule has 114 valence electrons. The topological polar surface area (TPSA) is 55.8 Å². The smallest absolute Gasteiger partial charge is 0.168 e. The van der Waals surface area contributed by atoms with Crippen LogP contribution in [0.25, 0.3) is 0 Å². The van der Waals surface area contributed by atoms with E-state index in [0.29, 0.717) is 50.9 Å². The van der Waals surface area contributed by atoms with Crippen molar-refractivity contribution in [3.8, 4) is 0 Å². The number of aliphatic hydroxyl groups is 1. The van der Waals surface area contributed by atoms with Gasteiger partial charge in [0, 0.05) is 24.8 Å². The first-order chi connectivity index (χ1) is 10.1. The van der Waals surface area contributed by atoms with Crippen molar-refractivity contribution in [2.24, 2.45) is 0 Å². The van der Waals surface area contributed by atoms with Gasteiger partial charge in [0.1, 0.15) is 0 Å². The average Bonchev–Trinajstić information content (AvgIpc) is 2.99. The normalized spacial score (nSPS) is 23.3. The number of hydrogen-bond donors (Lipinski definition) is 1. The molecule has 1 saturated carbocycles. The van der Waals surface area contributed by atoms with Crippen molar-refractivity contribution in [1.82, 2.24) is 0 Å². The molecule has 0 radical (unpaired) electrons. The molecule has 1 aromatic carbocycles. The second-order valence-electron chi connectivity index (χ2n) is 5.99. The Kier molecular flexibility index (Phi) is 3.86. The minimum Gasteiger partial charge on any atom is -0.385 e. The molecule has 1 aromatic rings. The van der Waals surface area contributed by atoms with Crippen LogP contribution in [0.15, 0.2) is 24.3 Å². The third-order valence-electron chi connectivity index (χ3n) is 4.72. The molecule has 2 aliphatic rings. The minimum absolute atomic E-state index is 0.129. The van der Waals surface area contributed by atoms with Crippen LogP contribution >= 0.6 is 0 Å². The van der Waals surface area contributed by atoms with E-state index in [1.165, 1.54) is 0 Å². The van der Waals surface area contributed by atoms with Gasteiger partial charge in [-0.2, -0.15) is 0 Å². The largest absolute Gasteiger partial charge is 0.385 e. The molecule has 0 atom stereocenters. The molecule has 1 spiro atoms. The van der Waals surface area contributed by atoms with Crippen molar-refractivity contribution in [2.45, 2.75) is 50.4 Å². The van der Waals surface area contributed by atoms with Gasteiger partial charge < -0.3 is 14.6 Å². The van der Waals surface area contributed by atoms with Gasteiger partial charge in [-0.15, -0.1) is 0 Å². The lowest BCUT2D eigenvalue weighted by atomic mass is 9.77. The molecule has 3 rings (SSSR count). The first kappa shape index (κ1) is 14.7. The highest BCUT2D eigenvalue weighted by Gasteiger charge is 2.46. The fourth-order valence-corrected chi connectivity index (χ4v) is 3.29. The Bertz CT molecular complexity index is 504. The maximum absolute atomic E-state index is 11.7. The molecular weight excluding hydrogens is 268 g/mol. The van der Waals surface area contributed by atoms with E-state index in [4.69, 9.17) is 9.47 Å². The number of hydrogen-bond acceptors (Lipinski definition) is 4. The summed E-state index contributed by atoms with van der Waals surface area (Å²) in [5, 5.41) is 10.9. The monoisotopic (exact) mass is 290 g/mol. The Hall–Kier alpha value is -1.23. The third kappa shape index (κ3) is 2.76. The molecule has 1 saturated heterocycles. The first-order valence-electron chi connectivity index (χ1n) is 7.71. The lowest BCUT2D eigenvalue weighted by Gasteiger charge is -2.40. The van der Waals surface area contributed by atoms with Gasteiger partial charge in [0.2, 0.25) is 0 Å². The second-order valence-corrected chi connectivity index (χ2v) is 5.99. The number of ether oxygens (including phenoxy) is 2. The van der Waals surface area contributed by atoms with Crippen molar-refractivity contribution >= 4 is 5.78 Å². The Morgan fingerprint density at radius 2 is 1.67 bits per heavy atom. The molecule has 1 N–H and O–H groups in total. The Morgan fingerprint density at radius 3 is 2.19 bits per heavy atom. The van der Waals surface area contributed by atoms with Crippen LogP contribution in [0.2, 0.25) is 0 Å². The Balaban J connectivity index is 1.73. The number of carbonyl (C=O) groups is 1. The van der Waals surface area contributed by atoms with Crippen molar-refractivity contribution in [2.75, 3.05) is 13.2 Å². The summed E-state index contributed by atoms with van der Waals surface area (Å²) < 4.78 is 11.4. The molecule has 1 aliphatic heterocycles. The quantitative estimate of drug-likeness (QED) is 0.870. The maximum atomic E-state index is 11.7. The van der Waals surface area contributed by atoms with E-state index < -0.39 is 11.4 Å². The van der Waals surface area contributed by atoms with E-state index in [-0.39, 0.29) is 5.78 Å². The zero-order valence-electron chi connectivity index (χ0n) is 12.4. The summed E-state index contributed by atoms with van der Waals surface area (Å²) in [5.41, 5.74) is 0.747. The summed E-state index contributed by atoms with van der Waals surface area (Å²) in [7, 11) is 0. The SMILES string of the molecule is CCC(=O)c1ccc(C2(O)CCC3(CC2)OCCO3)cc1. The van der Waals surface area contributed by atoms with Crippen LogP contribution < -0.4 is 0 Å². The van der Waals surface area contributed by atoms with Crippen LogP contribution in [-0.4, -0.2) is 29.9 Å². The second kappa shape index (κ2) is 5.52. The van der Waals surface area contributed by atoms with Crippen LogP contribution in [0, 0.1) is 0 Å². The molecule has 4 heteroatoms. The average molecular weight is 290 g/mol. The molecule has 0 aromatic heterocycles. The zero-order chi connectivity index (χ0) is 14.9. The van der Waals surface area contributed by atoms with Crippen LogP contribution in [0.3, 0.4) is 0 Å². The molecule has 1 aliphatic carbocycles. The first-order valence-corrected chi connectivity index (χ1v) is 7.71. The highest BCUT2D eigenvalue weighted by atomic mass is 16.7. The number of Topliss-reactive ketones (excluding diaryl/α,β-unsaturated/α-hetero) is 1. The van der Waals surface area contributed by atoms with Crippen molar-refractivity contribution < 1.29 is 19.4 Å². The van der Waals surface area contributed by atoms with E-state index in [2.05, 4.69) is 0 Å². The molecule has 2 fully saturated rings. The molecule has 0 bridgehead atoms. The van der Waals surface area contributed by atoms with Crippen molar-refractivity contribution in [3.63, 3.8) is 0 Å². The van der Waals surface area contributed by atoms with Gasteiger partial charge in [-0.25, -0.2) is 0 Å². The summed E-state index contributed by atoms with van der Waals surface area (Å²) in [6, 6.07) is 7.37. The summed E-state index contributed by atoms with van der Waals surface area (Å²) in [4.78, 5) is 11.7. The van der Waals surface area contributed by atoms with Gasteiger partial charge in [0.05, 0.1) is 18.8 Å². The van der Waals surface area contributed by atoms with E-state index >= 15 is 0 Å². The number of rotatable bonds is 3. The van der Waals surface area contributed by atoms with Crippen LogP contribution in [0.4, 0.5) is 0 Å². The third-order valence-corrected chi connectivity index (χ3v) is 4.72. The standard InChI is InChI=1S/C17H22O4/c1-2-15(18)13-3-5-14(6-4-13)16(19)7-9-17(10-8-16)20-11-12-21-17/h3-6,19H,2,7-12H2,1H3. The van der Waals surface area contributed by atoms with Crippen LogP contribution in [0.1, 0.15) is 54.9 Å². The lowest BCUT2D eigenvalue weighted by Crippen LogP contribution is -2.42. The van der Waals surface area contributed by atoms with Crippen LogP contribution in [-0.2, 0) is 15.1 Å². The van der Waals surface area contributed by atoms with Crippen molar-refractivity contribution in [3.05, 3.63) is 35.4 Å². The molecule has 0 unspecified atom stereocenters. The van der Waals surface area contributed by atoms with Gasteiger partial charge in [-0.1, -0.05) is 31.2 Å². The van der Waals surface area contributed by atoms with Gasteiger partial charge in [0.25, 0.3) is 0 Å². The van der Waals surface area contributed by atoms with E-state index in [0.717, 1.165) is 5.56 Å². The maximum Gasteiger partial charge on any atom is 0.168 e. The summed E-state index contributed by atoms with van der Waals surface area (Å²) in [6.07, 6.45) is 3.15. The summed E-state index contributed by atoms with van der Waals surface area (Å²) in [6.45, 7) is 3.14.